The number of non-ortho nitro benzene ring substituents is 1. The Morgan fingerprint density at radius 1 is 1.10 bits per heavy atom. The van der Waals surface area contributed by atoms with Crippen molar-refractivity contribution in [3.8, 4) is 23.0 Å². The van der Waals surface area contributed by atoms with Crippen molar-refractivity contribution in [2.45, 2.75) is 32.7 Å². The summed E-state index contributed by atoms with van der Waals surface area (Å²) in [5.41, 5.74) is 5.03. The van der Waals surface area contributed by atoms with E-state index in [9.17, 15) is 24.8 Å². The number of benzene rings is 3. The van der Waals surface area contributed by atoms with Crippen LogP contribution in [0.25, 0.3) is 0 Å². The Labute approximate surface area is 289 Å². The van der Waals surface area contributed by atoms with Crippen LogP contribution in [0.1, 0.15) is 36.6 Å². The van der Waals surface area contributed by atoms with Gasteiger partial charge in [0.1, 0.15) is 13.2 Å². The van der Waals surface area contributed by atoms with Gasteiger partial charge in [0.25, 0.3) is 5.69 Å². The van der Waals surface area contributed by atoms with Crippen molar-refractivity contribution < 1.29 is 43.3 Å². The number of carbonyl (C=O) groups is 2. The average molecular weight is 776 g/mol. The molecule has 1 aliphatic rings. The number of aliphatic hydroxyl groups is 1. The lowest BCUT2D eigenvalue weighted by Crippen LogP contribution is -2.45. The monoisotopic (exact) mass is 775 g/mol. The quantitative estimate of drug-likeness (QED) is 0.0430. The largest absolute Gasteiger partial charge is 0.493 e. The highest BCUT2D eigenvalue weighted by Crippen LogP contribution is 2.35. The van der Waals surface area contributed by atoms with Gasteiger partial charge >= 0.3 is 12.0 Å². The summed E-state index contributed by atoms with van der Waals surface area (Å²) in [6.45, 7) is 3.61. The van der Waals surface area contributed by atoms with Crippen LogP contribution in [-0.2, 0) is 16.1 Å². The molecule has 4 N–H and O–H groups in total. The Morgan fingerprint density at radius 3 is 2.52 bits per heavy atom. The van der Waals surface area contributed by atoms with Gasteiger partial charge in [-0.05, 0) is 84.0 Å². The molecule has 0 saturated heterocycles. The zero-order valence-corrected chi connectivity index (χ0v) is 28.6. The van der Waals surface area contributed by atoms with Crippen LogP contribution in [0.3, 0.4) is 0 Å². The zero-order valence-electron chi connectivity index (χ0n) is 26.4. The summed E-state index contributed by atoms with van der Waals surface area (Å²) in [6, 6.07) is 13.3. The summed E-state index contributed by atoms with van der Waals surface area (Å²) in [6.07, 6.45) is 0.228. The second-order valence-corrected chi connectivity index (χ2v) is 11.4. The first-order valence-corrected chi connectivity index (χ1v) is 15.6. The van der Waals surface area contributed by atoms with Crippen molar-refractivity contribution in [3.63, 3.8) is 0 Å². The first-order valence-electron chi connectivity index (χ1n) is 14.5. The number of nitrogens with one attached hydrogen (secondary N) is 3. The number of allylic oxidation sites excluding steroid dienone is 1. The third-order valence-electron chi connectivity index (χ3n) is 6.90. The number of nitro groups is 1. The van der Waals surface area contributed by atoms with Gasteiger partial charge in [-0.25, -0.2) is 9.59 Å². The molecule has 0 aromatic heterocycles. The fourth-order valence-electron chi connectivity index (χ4n) is 4.68. The summed E-state index contributed by atoms with van der Waals surface area (Å²) in [7, 11) is 2.77. The predicted molar refractivity (Wildman–Crippen MR) is 182 cm³/mol. The molecule has 4 rings (SSSR count). The summed E-state index contributed by atoms with van der Waals surface area (Å²) < 4.78 is 28.9. The molecule has 15 nitrogen and oxygen atoms in total. The lowest BCUT2D eigenvalue weighted by Gasteiger charge is -2.28. The molecule has 3 aromatic rings. The van der Waals surface area contributed by atoms with Gasteiger partial charge in [0.15, 0.2) is 29.2 Å². The number of nitrogens with zero attached hydrogens (tertiary/aromatic N) is 2. The van der Waals surface area contributed by atoms with Crippen LogP contribution in [0, 0.1) is 13.7 Å². The Kier molecular flexibility index (Phi) is 12.4. The van der Waals surface area contributed by atoms with Gasteiger partial charge < -0.3 is 39.4 Å². The van der Waals surface area contributed by atoms with Crippen LogP contribution in [0.2, 0.25) is 0 Å². The minimum Gasteiger partial charge on any atom is -0.493 e. The first kappa shape index (κ1) is 35.7. The highest BCUT2D eigenvalue weighted by molar-refractivity contribution is 14.1. The third-order valence-corrected chi connectivity index (χ3v) is 7.52. The number of methoxy groups -OCH3 is 2. The number of urea groups is 1. The predicted octanol–water partition coefficient (Wildman–Crippen LogP) is 4.31. The number of amides is 2. The molecular formula is C32H34IN5O10. The number of esters is 1. The number of halogens is 1. The maximum Gasteiger partial charge on any atom is 0.337 e. The molecule has 0 spiro atoms. The molecule has 16 heteroatoms. The topological polar surface area (TPSA) is 192 Å². The van der Waals surface area contributed by atoms with Crippen LogP contribution >= 0.6 is 22.6 Å². The van der Waals surface area contributed by atoms with E-state index < -0.39 is 29.2 Å². The smallest absolute Gasteiger partial charge is 0.337 e. The standard InChI is InChI=1S/C32H34IN5O10/c1-5-46-25-13-20(29-28(31(40)45-4)18(2)35-32(41)36-29)8-11-24(25)47-17-27(39)37-34-15-21-12-22(33)14-26(44-3)30(21)48-16-19-6-9-23(10-7-19)38(42)43/h6-15,27,29,37,39H,5,16-17H2,1-4H3,(H2,35,36,41)/b34-15+/t27-,29+/m0/s1. The molecule has 1 aliphatic heterocycles. The second-order valence-electron chi connectivity index (χ2n) is 10.2. The van der Waals surface area contributed by atoms with Crippen LogP contribution in [0.5, 0.6) is 23.0 Å². The Hall–Kier alpha value is -5.10. The molecule has 254 valence electrons. The minimum absolute atomic E-state index is 0.0212. The molecule has 0 unspecified atom stereocenters. The van der Waals surface area contributed by atoms with Crippen molar-refractivity contribution in [1.29, 1.82) is 0 Å². The van der Waals surface area contributed by atoms with Gasteiger partial charge in [0.05, 0.1) is 43.6 Å². The molecule has 2 atom stereocenters. The highest BCUT2D eigenvalue weighted by atomic mass is 127. The third kappa shape index (κ3) is 9.03. The van der Waals surface area contributed by atoms with Crippen molar-refractivity contribution >= 4 is 46.5 Å². The summed E-state index contributed by atoms with van der Waals surface area (Å²) >= 11 is 2.13. The minimum atomic E-state index is -1.23. The van der Waals surface area contributed by atoms with Gasteiger partial charge in [-0.1, -0.05) is 6.07 Å². The van der Waals surface area contributed by atoms with E-state index in [0.29, 0.717) is 52.0 Å². The highest BCUT2D eigenvalue weighted by Gasteiger charge is 2.32. The zero-order chi connectivity index (χ0) is 34.8. The van der Waals surface area contributed by atoms with Crippen molar-refractivity contribution in [1.82, 2.24) is 16.1 Å². The number of nitro benzene ring substituents is 1. The van der Waals surface area contributed by atoms with E-state index in [2.05, 4.69) is 43.8 Å². The first-order chi connectivity index (χ1) is 23.0. The van der Waals surface area contributed by atoms with Gasteiger partial charge in [-0.15, -0.1) is 0 Å². The molecule has 3 aromatic carbocycles. The van der Waals surface area contributed by atoms with E-state index >= 15 is 0 Å². The molecule has 0 radical (unpaired) electrons. The number of hydrogen-bond acceptors (Lipinski definition) is 12. The molecule has 48 heavy (non-hydrogen) atoms. The molecule has 2 amide bonds. The van der Waals surface area contributed by atoms with Gasteiger partial charge in [-0.2, -0.15) is 5.10 Å². The number of ether oxygens (including phenoxy) is 5. The molecule has 0 fully saturated rings. The summed E-state index contributed by atoms with van der Waals surface area (Å²) in [4.78, 5) is 35.2. The molecular weight excluding hydrogens is 741 g/mol. The number of carbonyl (C=O) groups excluding carboxylic acids is 2. The molecule has 0 aliphatic carbocycles. The SMILES string of the molecule is CCOc1cc([C@H]2NC(=O)NC(C)=C2C(=O)OC)ccc1OC[C@H](O)N/N=C/c1cc(I)cc(OC)c1OCc1ccc([N+](=O)[O-])cc1. The van der Waals surface area contributed by atoms with E-state index in [1.807, 2.05) is 6.07 Å². The summed E-state index contributed by atoms with van der Waals surface area (Å²) in [5.74, 6) is 0.898. The fourth-order valence-corrected chi connectivity index (χ4v) is 5.29. The number of rotatable bonds is 15. The van der Waals surface area contributed by atoms with Crippen LogP contribution < -0.4 is 35.0 Å². The van der Waals surface area contributed by atoms with Gasteiger partial charge in [0.2, 0.25) is 0 Å². The van der Waals surface area contributed by atoms with Crippen molar-refractivity contribution in [3.05, 3.63) is 96.2 Å². The maximum absolute atomic E-state index is 12.5. The van der Waals surface area contributed by atoms with E-state index in [1.165, 1.54) is 32.6 Å². The van der Waals surface area contributed by atoms with E-state index in [1.54, 1.807) is 50.2 Å². The van der Waals surface area contributed by atoms with E-state index in [0.717, 1.165) is 3.57 Å². The maximum atomic E-state index is 12.5. The lowest BCUT2D eigenvalue weighted by atomic mass is 9.95. The second kappa shape index (κ2) is 16.6. The lowest BCUT2D eigenvalue weighted by molar-refractivity contribution is -0.384. The van der Waals surface area contributed by atoms with E-state index in [4.69, 9.17) is 23.7 Å². The normalized spacial score (nSPS) is 14.9. The van der Waals surface area contributed by atoms with Gasteiger partial charge in [-0.3, -0.25) is 15.5 Å². The van der Waals surface area contributed by atoms with Crippen LogP contribution in [0.4, 0.5) is 10.5 Å². The van der Waals surface area contributed by atoms with Crippen molar-refractivity contribution in [2.75, 3.05) is 27.4 Å². The Balaban J connectivity index is 1.44. The van der Waals surface area contributed by atoms with E-state index in [-0.39, 0.29) is 24.5 Å². The molecule has 1 heterocycles. The van der Waals surface area contributed by atoms with Crippen LogP contribution in [0.15, 0.2) is 71.0 Å². The summed E-state index contributed by atoms with van der Waals surface area (Å²) in [5, 5.41) is 31.0. The Bertz CT molecular complexity index is 1710. The Morgan fingerprint density at radius 2 is 1.85 bits per heavy atom. The average Bonchev–Trinajstić information content (AvgIpc) is 3.06. The fraction of sp³-hybridized carbons (Fsp3) is 0.281. The van der Waals surface area contributed by atoms with Crippen molar-refractivity contribution in [2.24, 2.45) is 5.10 Å². The van der Waals surface area contributed by atoms with Gasteiger partial charge in [0, 0.05) is 27.0 Å². The number of aliphatic hydroxyl groups excluding tert-OH is 1. The number of hydrogen-bond donors (Lipinski definition) is 4. The number of hydrazone groups is 1. The van der Waals surface area contributed by atoms with Crippen LogP contribution in [-0.4, -0.2) is 61.9 Å². The molecule has 0 bridgehead atoms. The molecule has 0 saturated carbocycles.